The first kappa shape index (κ1) is 23.3. The zero-order valence-corrected chi connectivity index (χ0v) is 20.3. The van der Waals surface area contributed by atoms with Gasteiger partial charge < -0.3 is 20.5 Å². The number of benzene rings is 2. The number of anilines is 3. The number of hydrogen-bond acceptors (Lipinski definition) is 4. The fraction of sp³-hybridized carbons (Fsp3) is 0.276. The molecule has 0 saturated heterocycles. The van der Waals surface area contributed by atoms with Crippen LogP contribution in [-0.2, 0) is 6.42 Å². The van der Waals surface area contributed by atoms with Crippen LogP contribution in [-0.4, -0.2) is 37.2 Å². The van der Waals surface area contributed by atoms with E-state index in [1.54, 1.807) is 0 Å². The maximum Gasteiger partial charge on any atom is 0.0556 e. The minimum absolute atomic E-state index is 0.774. The molecule has 1 aliphatic heterocycles. The summed E-state index contributed by atoms with van der Waals surface area (Å²) in [6.07, 6.45) is 14.9. The molecule has 2 aromatic carbocycles. The third kappa shape index (κ3) is 4.45. The van der Waals surface area contributed by atoms with Crippen LogP contribution in [0.3, 0.4) is 0 Å². The van der Waals surface area contributed by atoms with E-state index < -0.39 is 0 Å². The minimum Gasteiger partial charge on any atom is -0.398 e. The Balaban J connectivity index is 0.00000133. The summed E-state index contributed by atoms with van der Waals surface area (Å²) < 4.78 is 0. The van der Waals surface area contributed by atoms with Crippen LogP contribution < -0.4 is 15.5 Å². The first-order chi connectivity index (χ1) is 16.5. The number of nitrogens with one attached hydrogen (secondary N) is 1. The maximum absolute atomic E-state index is 6.42. The molecule has 0 aliphatic carbocycles. The summed E-state index contributed by atoms with van der Waals surface area (Å²) in [7, 11) is 4.35. The van der Waals surface area contributed by atoms with E-state index in [-0.39, 0.29) is 0 Å². The van der Waals surface area contributed by atoms with Crippen LogP contribution in [0, 0.1) is 19.8 Å². The molecule has 4 aromatic rings. The average molecular weight is 452 g/mol. The van der Waals surface area contributed by atoms with E-state index in [4.69, 9.17) is 5.73 Å². The molecule has 0 unspecified atom stereocenters. The van der Waals surface area contributed by atoms with Crippen molar-refractivity contribution in [3.05, 3.63) is 71.7 Å². The molecule has 6 bridgehead atoms. The lowest BCUT2D eigenvalue weighted by Gasteiger charge is -2.23. The molecule has 2 aromatic heterocycles. The lowest BCUT2D eigenvalue weighted by Crippen LogP contribution is -2.22. The van der Waals surface area contributed by atoms with Crippen molar-refractivity contribution in [2.45, 2.75) is 26.2 Å². The summed E-state index contributed by atoms with van der Waals surface area (Å²) in [4.78, 5) is 12.9. The van der Waals surface area contributed by atoms with Gasteiger partial charge >= 0.3 is 0 Å². The van der Waals surface area contributed by atoms with Gasteiger partial charge in [-0.3, -0.25) is 4.98 Å². The van der Waals surface area contributed by atoms with Crippen molar-refractivity contribution in [2.24, 2.45) is 0 Å². The molecule has 1 aliphatic rings. The highest BCUT2D eigenvalue weighted by Crippen LogP contribution is 2.34. The first-order valence-electron chi connectivity index (χ1n) is 11.7. The Hall–Kier alpha value is -3.91. The number of nitrogen functional groups attached to an aromatic ring is 1. The molecule has 0 spiro atoms. The number of rotatable bonds is 0. The molecule has 0 radical (unpaired) electrons. The van der Waals surface area contributed by atoms with E-state index in [9.17, 15) is 0 Å². The van der Waals surface area contributed by atoms with Gasteiger partial charge in [0.2, 0.25) is 0 Å². The number of nitrogens with zero attached hydrogens (tertiary/aromatic N) is 3. The van der Waals surface area contributed by atoms with Gasteiger partial charge in [0, 0.05) is 73.3 Å². The fourth-order valence-corrected chi connectivity index (χ4v) is 4.81. The number of pyridine rings is 1. The molecule has 0 amide bonds. The number of aromatic nitrogens is 2. The van der Waals surface area contributed by atoms with Crippen molar-refractivity contribution < 1.29 is 0 Å². The number of terminal acetylenes is 1. The highest BCUT2D eigenvalue weighted by Gasteiger charge is 2.16. The summed E-state index contributed by atoms with van der Waals surface area (Å²) >= 11 is 0. The van der Waals surface area contributed by atoms with Gasteiger partial charge in [0.15, 0.2) is 0 Å². The molecule has 0 fully saturated rings. The second-order valence-electron chi connectivity index (χ2n) is 9.00. The largest absolute Gasteiger partial charge is 0.398 e. The summed E-state index contributed by atoms with van der Waals surface area (Å²) in [5.74, 6) is 0. The van der Waals surface area contributed by atoms with Crippen LogP contribution in [0.2, 0.25) is 0 Å². The van der Waals surface area contributed by atoms with E-state index in [1.165, 1.54) is 27.8 Å². The SMILES string of the molecule is C#C.Cc1c2[nH]c3cccc(c13)N(C)CCCCN(C)c1cncc(c1)-c1ccc(N)c(c1)C2. The Labute approximate surface area is 202 Å². The Morgan fingerprint density at radius 1 is 0.941 bits per heavy atom. The second kappa shape index (κ2) is 9.93. The molecule has 5 heteroatoms. The summed E-state index contributed by atoms with van der Waals surface area (Å²) in [5, 5.41) is 1.32. The van der Waals surface area contributed by atoms with Crippen molar-refractivity contribution >= 4 is 28.0 Å². The lowest BCUT2D eigenvalue weighted by molar-refractivity contribution is 0.708. The van der Waals surface area contributed by atoms with Crippen molar-refractivity contribution in [3.63, 3.8) is 0 Å². The Morgan fingerprint density at radius 3 is 2.50 bits per heavy atom. The third-order valence-electron chi connectivity index (χ3n) is 6.81. The highest BCUT2D eigenvalue weighted by molar-refractivity contribution is 5.96. The predicted molar refractivity (Wildman–Crippen MR) is 146 cm³/mol. The molecule has 3 N–H and O–H groups in total. The van der Waals surface area contributed by atoms with Crippen LogP contribution in [0.5, 0.6) is 0 Å². The third-order valence-corrected chi connectivity index (χ3v) is 6.81. The number of nitrogens with two attached hydrogens (primary N) is 1. The van der Waals surface area contributed by atoms with E-state index in [2.05, 4.69) is 90.0 Å². The molecular weight excluding hydrogens is 418 g/mol. The normalized spacial score (nSPS) is 13.9. The quantitative estimate of drug-likeness (QED) is 0.269. The monoisotopic (exact) mass is 451 g/mol. The van der Waals surface area contributed by atoms with Gasteiger partial charge in [0.25, 0.3) is 0 Å². The number of aromatic amines is 1. The van der Waals surface area contributed by atoms with Gasteiger partial charge in [0.1, 0.15) is 0 Å². The number of H-pyrrole nitrogens is 1. The van der Waals surface area contributed by atoms with Crippen LogP contribution in [0.25, 0.3) is 22.0 Å². The number of fused-ring (bicyclic) bond motifs is 6. The fourth-order valence-electron chi connectivity index (χ4n) is 4.81. The molecule has 174 valence electrons. The molecule has 0 atom stereocenters. The van der Waals surface area contributed by atoms with E-state index in [0.717, 1.165) is 60.4 Å². The lowest BCUT2D eigenvalue weighted by atomic mass is 9.98. The zero-order valence-electron chi connectivity index (χ0n) is 20.3. The minimum atomic E-state index is 0.774. The first-order valence-corrected chi connectivity index (χ1v) is 11.7. The molecular formula is C29H33N5. The maximum atomic E-state index is 6.42. The van der Waals surface area contributed by atoms with Crippen LogP contribution >= 0.6 is 0 Å². The summed E-state index contributed by atoms with van der Waals surface area (Å²) in [6, 6.07) is 15.1. The van der Waals surface area contributed by atoms with E-state index in [0.29, 0.717) is 0 Å². The number of aryl methyl sites for hydroxylation is 1. The molecule has 3 heterocycles. The van der Waals surface area contributed by atoms with E-state index in [1.807, 2.05) is 18.5 Å². The standard InChI is InChI=1S/C27H31N5.C2H2/c1-18-25-15-20-13-19(9-10-23(20)28)21-14-22(17-29-16-21)31(2)11-4-5-12-32(3)26-8-6-7-24(30-25)27(18)26;1-2/h6-10,13-14,16-17,30H,4-5,11-12,15,28H2,1-3H3;1-2H. The van der Waals surface area contributed by atoms with Crippen molar-refractivity contribution in [1.29, 1.82) is 0 Å². The van der Waals surface area contributed by atoms with Crippen LogP contribution in [0.1, 0.15) is 29.7 Å². The van der Waals surface area contributed by atoms with Gasteiger partial charge in [-0.15, -0.1) is 12.8 Å². The smallest absolute Gasteiger partial charge is 0.0556 e. The average Bonchev–Trinajstić information content (AvgIpc) is 3.19. The molecule has 5 nitrogen and oxygen atoms in total. The predicted octanol–water partition coefficient (Wildman–Crippen LogP) is 5.63. The Morgan fingerprint density at radius 2 is 1.71 bits per heavy atom. The van der Waals surface area contributed by atoms with Gasteiger partial charge in [-0.1, -0.05) is 12.1 Å². The molecule has 0 saturated carbocycles. The van der Waals surface area contributed by atoms with Crippen molar-refractivity contribution in [1.82, 2.24) is 9.97 Å². The number of hydrogen-bond donors (Lipinski definition) is 2. The van der Waals surface area contributed by atoms with Gasteiger partial charge in [-0.2, -0.15) is 0 Å². The van der Waals surface area contributed by atoms with Gasteiger partial charge in [-0.05, 0) is 66.8 Å². The Bertz CT molecular complexity index is 1320. The van der Waals surface area contributed by atoms with Crippen molar-refractivity contribution in [3.8, 4) is 24.0 Å². The summed E-state index contributed by atoms with van der Waals surface area (Å²) in [5.41, 5.74) is 16.8. The second-order valence-corrected chi connectivity index (χ2v) is 9.00. The zero-order chi connectivity index (χ0) is 24.2. The highest BCUT2D eigenvalue weighted by atomic mass is 15.1. The Kier molecular flexibility index (Phi) is 6.79. The molecule has 5 rings (SSSR count). The van der Waals surface area contributed by atoms with Gasteiger partial charge in [-0.25, -0.2) is 0 Å². The topological polar surface area (TPSA) is 61.2 Å². The van der Waals surface area contributed by atoms with Crippen LogP contribution in [0.15, 0.2) is 54.9 Å². The van der Waals surface area contributed by atoms with Crippen LogP contribution in [0.4, 0.5) is 17.1 Å². The van der Waals surface area contributed by atoms with E-state index >= 15 is 0 Å². The summed E-state index contributed by atoms with van der Waals surface area (Å²) in [6.45, 7) is 4.25. The van der Waals surface area contributed by atoms with Crippen molar-refractivity contribution in [2.75, 3.05) is 42.7 Å². The molecule has 34 heavy (non-hydrogen) atoms. The van der Waals surface area contributed by atoms with Gasteiger partial charge in [0.05, 0.1) is 11.9 Å².